The second-order valence-electron chi connectivity index (χ2n) is 8.46. The molecule has 2 aromatic rings. The molecule has 0 aliphatic carbocycles. The summed E-state index contributed by atoms with van der Waals surface area (Å²) in [5, 5.41) is 9.88. The van der Waals surface area contributed by atoms with Crippen molar-refractivity contribution in [1.29, 1.82) is 0 Å². The van der Waals surface area contributed by atoms with E-state index in [0.29, 0.717) is 12.5 Å². The third-order valence-electron chi connectivity index (χ3n) is 6.08. The van der Waals surface area contributed by atoms with Crippen LogP contribution in [0.1, 0.15) is 42.9 Å². The van der Waals surface area contributed by atoms with Crippen LogP contribution in [0.25, 0.3) is 0 Å². The number of nitrogens with zero attached hydrogens (tertiary/aromatic N) is 4. The number of aliphatic hydroxyl groups is 1. The van der Waals surface area contributed by atoms with Gasteiger partial charge in [-0.05, 0) is 69.1 Å². The van der Waals surface area contributed by atoms with Gasteiger partial charge in [0.2, 0.25) is 0 Å². The van der Waals surface area contributed by atoms with Crippen LogP contribution in [0.4, 0.5) is 0 Å². The lowest BCUT2D eigenvalue weighted by atomic mass is 9.94. The minimum Gasteiger partial charge on any atom is -0.491 e. The summed E-state index contributed by atoms with van der Waals surface area (Å²) in [6.07, 6.45) is 6.99. The first-order valence-electron chi connectivity index (χ1n) is 11.5. The molecule has 7 heteroatoms. The number of likely N-dealkylation sites (tertiary alicyclic amines) is 2. The van der Waals surface area contributed by atoms with Crippen molar-refractivity contribution in [3.8, 4) is 5.75 Å². The first kappa shape index (κ1) is 22.5. The monoisotopic (exact) mass is 442 g/mol. The third kappa shape index (κ3) is 6.91. The number of aromatic nitrogens is 2. The fraction of sp³-hybridized carbons (Fsp3) is 0.583. The van der Waals surface area contributed by atoms with Gasteiger partial charge in [-0.3, -0.25) is 4.90 Å². The van der Waals surface area contributed by atoms with Crippen molar-refractivity contribution in [3.63, 3.8) is 0 Å². The maximum Gasteiger partial charge on any atom is 0.187 e. The van der Waals surface area contributed by atoms with Crippen LogP contribution in [0, 0.1) is 0 Å². The first-order chi connectivity index (χ1) is 15.3. The van der Waals surface area contributed by atoms with Crippen LogP contribution >= 0.6 is 11.8 Å². The SMILES string of the molecule is OCCOc1cccc(CN2CCC[C@@H](c3ccnc(SCCN4CCCC4)n3)C2)c1. The van der Waals surface area contributed by atoms with E-state index >= 15 is 0 Å². The highest BCUT2D eigenvalue weighted by molar-refractivity contribution is 7.99. The average Bonchev–Trinajstić information content (AvgIpc) is 3.32. The summed E-state index contributed by atoms with van der Waals surface area (Å²) in [6, 6.07) is 10.3. The number of piperidine rings is 1. The van der Waals surface area contributed by atoms with E-state index in [1.165, 1.54) is 50.0 Å². The predicted octanol–water partition coefficient (Wildman–Crippen LogP) is 3.42. The Labute approximate surface area is 190 Å². The van der Waals surface area contributed by atoms with Gasteiger partial charge in [0, 0.05) is 43.2 Å². The van der Waals surface area contributed by atoms with Gasteiger partial charge in [0.05, 0.1) is 6.61 Å². The van der Waals surface area contributed by atoms with Crippen molar-refractivity contribution in [2.45, 2.75) is 43.3 Å². The Bertz CT molecular complexity index is 816. The number of hydrogen-bond donors (Lipinski definition) is 1. The minimum absolute atomic E-state index is 0.0372. The molecule has 0 unspecified atom stereocenters. The molecule has 2 aliphatic rings. The van der Waals surface area contributed by atoms with Gasteiger partial charge in [-0.1, -0.05) is 23.9 Å². The van der Waals surface area contributed by atoms with Crippen LogP contribution in [0.2, 0.25) is 0 Å². The first-order valence-corrected chi connectivity index (χ1v) is 12.5. The van der Waals surface area contributed by atoms with E-state index in [1.54, 1.807) is 11.8 Å². The molecule has 1 N–H and O–H groups in total. The Morgan fingerprint density at radius 1 is 1.10 bits per heavy atom. The summed E-state index contributed by atoms with van der Waals surface area (Å²) in [5.74, 6) is 2.35. The van der Waals surface area contributed by atoms with Crippen molar-refractivity contribution < 1.29 is 9.84 Å². The molecule has 2 aliphatic heterocycles. The number of rotatable bonds is 10. The summed E-state index contributed by atoms with van der Waals surface area (Å²) < 4.78 is 5.56. The van der Waals surface area contributed by atoms with Crippen molar-refractivity contribution in [2.75, 3.05) is 51.7 Å². The van der Waals surface area contributed by atoms with Crippen LogP contribution in [0.15, 0.2) is 41.7 Å². The van der Waals surface area contributed by atoms with E-state index < -0.39 is 0 Å². The second-order valence-corrected chi connectivity index (χ2v) is 9.52. The van der Waals surface area contributed by atoms with Gasteiger partial charge in [0.15, 0.2) is 5.16 Å². The van der Waals surface area contributed by atoms with E-state index in [2.05, 4.69) is 33.0 Å². The van der Waals surface area contributed by atoms with Gasteiger partial charge in [0.1, 0.15) is 12.4 Å². The highest BCUT2D eigenvalue weighted by Gasteiger charge is 2.23. The molecule has 0 bridgehead atoms. The molecule has 2 fully saturated rings. The van der Waals surface area contributed by atoms with Crippen molar-refractivity contribution in [2.24, 2.45) is 0 Å². The number of aliphatic hydroxyl groups excluding tert-OH is 1. The summed E-state index contributed by atoms with van der Waals surface area (Å²) >= 11 is 1.79. The topological polar surface area (TPSA) is 61.7 Å². The average molecular weight is 443 g/mol. The lowest BCUT2D eigenvalue weighted by Crippen LogP contribution is -2.34. The van der Waals surface area contributed by atoms with E-state index in [4.69, 9.17) is 14.8 Å². The molecule has 0 amide bonds. The zero-order chi connectivity index (χ0) is 21.3. The molecule has 1 aromatic carbocycles. The molecule has 6 nitrogen and oxygen atoms in total. The molecule has 1 atom stereocenters. The Morgan fingerprint density at radius 2 is 1.97 bits per heavy atom. The minimum atomic E-state index is 0.0372. The number of hydrogen-bond acceptors (Lipinski definition) is 7. The second kappa shape index (κ2) is 11.8. The molecule has 0 spiro atoms. The lowest BCUT2D eigenvalue weighted by molar-refractivity contribution is 0.195. The maximum atomic E-state index is 8.96. The Morgan fingerprint density at radius 3 is 2.84 bits per heavy atom. The molecule has 0 radical (unpaired) electrons. The highest BCUT2D eigenvalue weighted by atomic mass is 32.2. The maximum absolute atomic E-state index is 8.96. The Hall–Kier alpha value is -1.67. The zero-order valence-corrected chi connectivity index (χ0v) is 19.1. The van der Waals surface area contributed by atoms with Gasteiger partial charge >= 0.3 is 0 Å². The Balaban J connectivity index is 1.30. The molecule has 31 heavy (non-hydrogen) atoms. The molecular formula is C24H34N4O2S. The van der Waals surface area contributed by atoms with Gasteiger partial charge in [-0.2, -0.15) is 0 Å². The molecule has 168 valence electrons. The van der Waals surface area contributed by atoms with Gasteiger partial charge < -0.3 is 14.7 Å². The van der Waals surface area contributed by atoms with Crippen LogP contribution in [0.3, 0.4) is 0 Å². The highest BCUT2D eigenvalue weighted by Crippen LogP contribution is 2.28. The summed E-state index contributed by atoms with van der Waals surface area (Å²) in [7, 11) is 0. The van der Waals surface area contributed by atoms with E-state index in [-0.39, 0.29) is 6.61 Å². The van der Waals surface area contributed by atoms with Crippen LogP contribution in [-0.2, 0) is 6.54 Å². The summed E-state index contributed by atoms with van der Waals surface area (Å²) in [5.41, 5.74) is 2.43. The van der Waals surface area contributed by atoms with E-state index in [9.17, 15) is 0 Å². The van der Waals surface area contributed by atoms with Crippen molar-refractivity contribution in [3.05, 3.63) is 47.8 Å². The molecule has 1 aromatic heterocycles. The van der Waals surface area contributed by atoms with Gasteiger partial charge in [-0.25, -0.2) is 9.97 Å². The largest absolute Gasteiger partial charge is 0.491 e. The summed E-state index contributed by atoms with van der Waals surface area (Å²) in [4.78, 5) is 14.5. The molecular weight excluding hydrogens is 408 g/mol. The molecule has 2 saturated heterocycles. The number of benzene rings is 1. The molecule has 4 rings (SSSR count). The number of thioether (sulfide) groups is 1. The summed E-state index contributed by atoms with van der Waals surface area (Å²) in [6.45, 7) is 7.05. The van der Waals surface area contributed by atoms with E-state index in [0.717, 1.165) is 42.8 Å². The quantitative estimate of drug-likeness (QED) is 0.447. The smallest absolute Gasteiger partial charge is 0.187 e. The van der Waals surface area contributed by atoms with Crippen molar-refractivity contribution >= 4 is 11.8 Å². The van der Waals surface area contributed by atoms with E-state index in [1.807, 2.05) is 18.3 Å². The third-order valence-corrected chi connectivity index (χ3v) is 6.92. The number of ether oxygens (including phenoxy) is 1. The fourth-order valence-electron chi connectivity index (χ4n) is 4.52. The van der Waals surface area contributed by atoms with Crippen LogP contribution < -0.4 is 4.74 Å². The lowest BCUT2D eigenvalue weighted by Gasteiger charge is -2.32. The fourth-order valence-corrected chi connectivity index (χ4v) is 5.36. The van der Waals surface area contributed by atoms with Gasteiger partial charge in [0.25, 0.3) is 0 Å². The zero-order valence-electron chi connectivity index (χ0n) is 18.3. The normalized spacial score (nSPS) is 20.2. The van der Waals surface area contributed by atoms with Crippen molar-refractivity contribution in [1.82, 2.24) is 19.8 Å². The van der Waals surface area contributed by atoms with Crippen LogP contribution in [0.5, 0.6) is 5.75 Å². The Kier molecular flexibility index (Phi) is 8.58. The standard InChI is InChI=1S/C24H34N4O2S/c29-14-15-30-22-7-3-5-20(17-22)18-28-12-4-6-21(19-28)23-8-9-25-24(26-23)31-16-13-27-10-1-2-11-27/h3,5,7-9,17,21,29H,1-2,4,6,10-16,18-19H2/t21-/m1/s1. The van der Waals surface area contributed by atoms with Crippen LogP contribution in [-0.4, -0.2) is 76.6 Å². The van der Waals surface area contributed by atoms with Gasteiger partial charge in [-0.15, -0.1) is 0 Å². The molecule has 3 heterocycles. The molecule has 0 saturated carbocycles. The predicted molar refractivity (Wildman–Crippen MR) is 125 cm³/mol.